The van der Waals surface area contributed by atoms with Gasteiger partial charge in [0.05, 0.1) is 13.5 Å². The third-order valence-corrected chi connectivity index (χ3v) is 5.82. The Morgan fingerprint density at radius 3 is 3.03 bits per heavy atom. The zero-order chi connectivity index (χ0) is 22.3. The number of rotatable bonds is 8. The summed E-state index contributed by atoms with van der Waals surface area (Å²) in [5.74, 6) is 1.75. The molecule has 2 amide bonds. The largest absolute Gasteiger partial charge is 0.497 e. The maximum absolute atomic E-state index is 12.8. The van der Waals surface area contributed by atoms with Crippen molar-refractivity contribution in [2.75, 3.05) is 20.2 Å². The van der Waals surface area contributed by atoms with Crippen LogP contribution in [0.4, 0.5) is 0 Å². The first kappa shape index (κ1) is 21.7. The van der Waals surface area contributed by atoms with Gasteiger partial charge >= 0.3 is 0 Å². The van der Waals surface area contributed by atoms with Gasteiger partial charge in [-0.25, -0.2) is 9.50 Å². The second-order valence-corrected chi connectivity index (χ2v) is 8.16. The summed E-state index contributed by atoms with van der Waals surface area (Å²) in [6, 6.07) is 7.67. The Labute approximate surface area is 186 Å². The van der Waals surface area contributed by atoms with E-state index in [0.717, 1.165) is 42.7 Å². The Balaban J connectivity index is 1.22. The molecule has 4 rings (SSSR count). The number of carbonyl (C=O) groups excluding carboxylic acids is 2. The predicted octanol–water partition coefficient (Wildman–Crippen LogP) is 2.01. The summed E-state index contributed by atoms with van der Waals surface area (Å²) in [6.45, 7) is 1.94. The van der Waals surface area contributed by atoms with E-state index in [0.29, 0.717) is 31.2 Å². The van der Waals surface area contributed by atoms with Crippen molar-refractivity contribution in [1.29, 1.82) is 0 Å². The SMILES string of the molecule is COc1cccc(CNC(=O)CCC2CCCN(C(=O)Cc3cnc4ncnn4c3)C2)c1. The van der Waals surface area contributed by atoms with Gasteiger partial charge in [-0.1, -0.05) is 12.1 Å². The molecule has 9 nitrogen and oxygen atoms in total. The lowest BCUT2D eigenvalue weighted by Gasteiger charge is -2.33. The molecule has 1 atom stereocenters. The normalized spacial score (nSPS) is 16.2. The highest BCUT2D eigenvalue weighted by Crippen LogP contribution is 2.22. The minimum atomic E-state index is 0.0310. The molecule has 1 N–H and O–H groups in total. The van der Waals surface area contributed by atoms with Gasteiger partial charge in [0.2, 0.25) is 11.8 Å². The number of piperidine rings is 1. The number of hydrogen-bond donors (Lipinski definition) is 1. The maximum atomic E-state index is 12.8. The summed E-state index contributed by atoms with van der Waals surface area (Å²) in [6.07, 6.45) is 8.44. The minimum absolute atomic E-state index is 0.0310. The summed E-state index contributed by atoms with van der Waals surface area (Å²) < 4.78 is 6.79. The van der Waals surface area contributed by atoms with Gasteiger partial charge in [0.25, 0.3) is 5.78 Å². The topological polar surface area (TPSA) is 102 Å². The number of hydrogen-bond acceptors (Lipinski definition) is 6. The Hall–Kier alpha value is -3.49. The molecule has 0 bridgehead atoms. The number of nitrogens with zero attached hydrogens (tertiary/aromatic N) is 5. The summed E-state index contributed by atoms with van der Waals surface area (Å²) in [7, 11) is 1.63. The lowest BCUT2D eigenvalue weighted by atomic mass is 9.93. The summed E-state index contributed by atoms with van der Waals surface area (Å²) >= 11 is 0. The van der Waals surface area contributed by atoms with Crippen LogP contribution >= 0.6 is 0 Å². The monoisotopic (exact) mass is 436 g/mol. The molecule has 1 unspecified atom stereocenters. The van der Waals surface area contributed by atoms with Crippen LogP contribution in [-0.4, -0.2) is 56.5 Å². The molecule has 1 aromatic carbocycles. The van der Waals surface area contributed by atoms with Crippen molar-refractivity contribution in [1.82, 2.24) is 29.8 Å². The van der Waals surface area contributed by atoms with Crippen LogP contribution in [0.1, 0.15) is 36.8 Å². The molecule has 1 aliphatic heterocycles. The molecule has 32 heavy (non-hydrogen) atoms. The Morgan fingerprint density at radius 2 is 2.16 bits per heavy atom. The van der Waals surface area contributed by atoms with Gasteiger partial charge in [-0.15, -0.1) is 0 Å². The first-order valence-electron chi connectivity index (χ1n) is 10.9. The van der Waals surface area contributed by atoms with Gasteiger partial charge in [-0.05, 0) is 48.4 Å². The van der Waals surface area contributed by atoms with E-state index in [9.17, 15) is 9.59 Å². The summed E-state index contributed by atoms with van der Waals surface area (Å²) in [5, 5.41) is 7.04. The number of nitrogens with one attached hydrogen (secondary N) is 1. The van der Waals surface area contributed by atoms with Crippen molar-refractivity contribution in [2.24, 2.45) is 5.92 Å². The molecule has 1 aliphatic rings. The molecule has 1 fully saturated rings. The molecule has 0 radical (unpaired) electrons. The van der Waals surface area contributed by atoms with E-state index < -0.39 is 0 Å². The van der Waals surface area contributed by atoms with Crippen LogP contribution in [0, 0.1) is 5.92 Å². The highest BCUT2D eigenvalue weighted by Gasteiger charge is 2.24. The number of ether oxygens (including phenoxy) is 1. The molecule has 168 valence electrons. The highest BCUT2D eigenvalue weighted by atomic mass is 16.5. The van der Waals surface area contributed by atoms with Crippen LogP contribution in [0.25, 0.3) is 5.78 Å². The van der Waals surface area contributed by atoms with Crippen LogP contribution in [0.3, 0.4) is 0 Å². The fraction of sp³-hybridized carbons (Fsp3) is 0.435. The third kappa shape index (κ3) is 5.60. The van der Waals surface area contributed by atoms with Crippen LogP contribution in [0.15, 0.2) is 43.0 Å². The van der Waals surface area contributed by atoms with Gasteiger partial charge in [0, 0.05) is 38.4 Å². The Morgan fingerprint density at radius 1 is 1.25 bits per heavy atom. The summed E-state index contributed by atoms with van der Waals surface area (Å²) in [5.41, 5.74) is 1.82. The van der Waals surface area contributed by atoms with Crippen molar-refractivity contribution >= 4 is 17.6 Å². The van der Waals surface area contributed by atoms with Gasteiger partial charge in [0.15, 0.2) is 0 Å². The number of carbonyl (C=O) groups is 2. The molecule has 0 aliphatic carbocycles. The maximum Gasteiger partial charge on any atom is 0.252 e. The van der Waals surface area contributed by atoms with Crippen molar-refractivity contribution in [3.05, 3.63) is 54.1 Å². The molecule has 0 spiro atoms. The van der Waals surface area contributed by atoms with E-state index in [1.165, 1.54) is 6.33 Å². The average Bonchev–Trinajstić information content (AvgIpc) is 3.29. The van der Waals surface area contributed by atoms with Gasteiger partial charge in [0.1, 0.15) is 12.1 Å². The average molecular weight is 437 g/mol. The van der Waals surface area contributed by atoms with Gasteiger partial charge < -0.3 is 15.0 Å². The van der Waals surface area contributed by atoms with Crippen molar-refractivity contribution < 1.29 is 14.3 Å². The first-order chi connectivity index (χ1) is 15.6. The van der Waals surface area contributed by atoms with Crippen LogP contribution in [0.5, 0.6) is 5.75 Å². The number of aromatic nitrogens is 4. The van der Waals surface area contributed by atoms with Crippen LogP contribution < -0.4 is 10.1 Å². The second-order valence-electron chi connectivity index (χ2n) is 8.16. The predicted molar refractivity (Wildman–Crippen MR) is 118 cm³/mol. The molecular formula is C23H28N6O3. The number of amides is 2. The fourth-order valence-corrected chi connectivity index (χ4v) is 4.07. The molecule has 3 aromatic rings. The lowest BCUT2D eigenvalue weighted by molar-refractivity contribution is -0.132. The van der Waals surface area contributed by atoms with E-state index in [2.05, 4.69) is 20.4 Å². The zero-order valence-corrected chi connectivity index (χ0v) is 18.2. The van der Waals surface area contributed by atoms with E-state index in [4.69, 9.17) is 4.74 Å². The van der Waals surface area contributed by atoms with Crippen LogP contribution in [0.2, 0.25) is 0 Å². The molecule has 3 heterocycles. The Bertz CT molecular complexity index is 1080. The number of fused-ring (bicyclic) bond motifs is 1. The highest BCUT2D eigenvalue weighted by molar-refractivity contribution is 5.79. The Kier molecular flexibility index (Phi) is 6.94. The zero-order valence-electron chi connectivity index (χ0n) is 18.2. The number of likely N-dealkylation sites (tertiary alicyclic amines) is 1. The fourth-order valence-electron chi connectivity index (χ4n) is 4.07. The summed E-state index contributed by atoms with van der Waals surface area (Å²) in [4.78, 5) is 35.3. The molecule has 9 heteroatoms. The van der Waals surface area contributed by atoms with E-state index in [1.807, 2.05) is 29.2 Å². The number of methoxy groups -OCH3 is 1. The second kappa shape index (κ2) is 10.2. The van der Waals surface area contributed by atoms with E-state index >= 15 is 0 Å². The minimum Gasteiger partial charge on any atom is -0.497 e. The number of benzene rings is 1. The quantitative estimate of drug-likeness (QED) is 0.580. The lowest BCUT2D eigenvalue weighted by Crippen LogP contribution is -2.41. The first-order valence-corrected chi connectivity index (χ1v) is 10.9. The molecular weight excluding hydrogens is 408 g/mol. The van der Waals surface area contributed by atoms with E-state index in [1.54, 1.807) is 24.0 Å². The molecule has 0 saturated carbocycles. The van der Waals surface area contributed by atoms with Gasteiger partial charge in [-0.3, -0.25) is 9.59 Å². The molecule has 1 saturated heterocycles. The van der Waals surface area contributed by atoms with Crippen LogP contribution in [-0.2, 0) is 22.6 Å². The third-order valence-electron chi connectivity index (χ3n) is 5.82. The van der Waals surface area contributed by atoms with E-state index in [-0.39, 0.29) is 18.2 Å². The van der Waals surface area contributed by atoms with Crippen molar-refractivity contribution in [3.8, 4) is 5.75 Å². The van der Waals surface area contributed by atoms with Crippen molar-refractivity contribution in [3.63, 3.8) is 0 Å². The molecule has 2 aromatic heterocycles. The standard InChI is InChI=1S/C23H28N6O3/c1-32-20-6-2-4-18(10-20)12-24-21(30)8-7-17-5-3-9-28(14-17)22(31)11-19-13-25-23-26-16-27-29(23)15-19/h2,4,6,10,13,15-17H,3,5,7-9,11-12,14H2,1H3,(H,24,30). The smallest absolute Gasteiger partial charge is 0.252 e. The van der Waals surface area contributed by atoms with Gasteiger partial charge in [-0.2, -0.15) is 10.1 Å². The van der Waals surface area contributed by atoms with Crippen molar-refractivity contribution in [2.45, 2.75) is 38.6 Å².